The molecule has 2 rings (SSSR count). The number of hydrogen-bond acceptors (Lipinski definition) is 0. The molecule has 2 aromatic rings. The van der Waals surface area contributed by atoms with Gasteiger partial charge in [-0.05, 0) is 57.2 Å². The van der Waals surface area contributed by atoms with E-state index in [1.807, 2.05) is 6.92 Å². The number of nitrogens with zero attached hydrogens (tertiary/aromatic N) is 1. The molecule has 1 aromatic heterocycles. The molecular weight excluding hydrogens is 254 g/mol. The number of benzene rings is 1. The van der Waals surface area contributed by atoms with Crippen molar-refractivity contribution in [2.75, 3.05) is 0 Å². The molecule has 0 saturated heterocycles. The summed E-state index contributed by atoms with van der Waals surface area (Å²) < 4.78 is 2.38. The van der Waals surface area contributed by atoms with Crippen LogP contribution in [0.5, 0.6) is 0 Å². The van der Waals surface area contributed by atoms with Crippen LogP contribution in [-0.2, 0) is 13.0 Å². The highest BCUT2D eigenvalue weighted by molar-refractivity contribution is 5.32. The van der Waals surface area contributed by atoms with Gasteiger partial charge in [0.05, 0.1) is 0 Å². The largest absolute Gasteiger partial charge is 0.347 e. The Morgan fingerprint density at radius 2 is 1.76 bits per heavy atom. The second kappa shape index (κ2) is 7.18. The molecule has 110 valence electrons. The molecule has 0 spiro atoms. The smallest absolute Gasteiger partial charge is 0.0472 e. The lowest BCUT2D eigenvalue weighted by atomic mass is 10.1. The highest BCUT2D eigenvalue weighted by Crippen LogP contribution is 2.19. The van der Waals surface area contributed by atoms with E-state index in [1.165, 1.54) is 27.9 Å². The Labute approximate surface area is 129 Å². The molecule has 1 aromatic carbocycles. The van der Waals surface area contributed by atoms with Crippen molar-refractivity contribution >= 4 is 0 Å². The molecule has 0 fully saturated rings. The Kier molecular flexibility index (Phi) is 5.28. The van der Waals surface area contributed by atoms with Crippen LogP contribution in [0.3, 0.4) is 0 Å². The van der Waals surface area contributed by atoms with E-state index < -0.39 is 0 Å². The van der Waals surface area contributed by atoms with E-state index in [2.05, 4.69) is 67.6 Å². The van der Waals surface area contributed by atoms with E-state index in [-0.39, 0.29) is 0 Å². The van der Waals surface area contributed by atoms with Crippen molar-refractivity contribution < 1.29 is 0 Å². The Hall–Kier alpha value is -1.94. The molecule has 0 aliphatic rings. The zero-order valence-electron chi connectivity index (χ0n) is 13.7. The monoisotopic (exact) mass is 279 g/mol. The standard InChI is InChI=1S/C20H25N/c1-5-6-7-8-9-20-15-21(18(4)17(20)3)14-19-12-10-16(2)11-13-19/h10-13,15H,7-9,14H2,1-4H3. The fourth-order valence-electron chi connectivity index (χ4n) is 2.63. The fraction of sp³-hybridized carbons (Fsp3) is 0.400. The van der Waals surface area contributed by atoms with Gasteiger partial charge in [-0.15, -0.1) is 11.8 Å². The molecule has 21 heavy (non-hydrogen) atoms. The third kappa shape index (κ3) is 4.02. The molecule has 0 amide bonds. The average molecular weight is 279 g/mol. The predicted molar refractivity (Wildman–Crippen MR) is 90.6 cm³/mol. The summed E-state index contributed by atoms with van der Waals surface area (Å²) in [7, 11) is 0. The van der Waals surface area contributed by atoms with Crippen LogP contribution in [0.1, 0.15) is 47.7 Å². The van der Waals surface area contributed by atoms with Crippen LogP contribution in [-0.4, -0.2) is 4.57 Å². The molecule has 1 nitrogen and oxygen atoms in total. The highest BCUT2D eigenvalue weighted by atomic mass is 15.0. The van der Waals surface area contributed by atoms with Crippen molar-refractivity contribution in [3.05, 3.63) is 58.4 Å². The lowest BCUT2D eigenvalue weighted by Crippen LogP contribution is -2.00. The van der Waals surface area contributed by atoms with Gasteiger partial charge in [-0.2, -0.15) is 0 Å². The number of unbranched alkanes of at least 4 members (excludes halogenated alkanes) is 1. The maximum atomic E-state index is 3.15. The van der Waals surface area contributed by atoms with Gasteiger partial charge in [-0.3, -0.25) is 0 Å². The SMILES string of the molecule is CC#CCCCc1cn(Cc2ccc(C)cc2)c(C)c1C. The maximum Gasteiger partial charge on any atom is 0.0472 e. The van der Waals surface area contributed by atoms with E-state index in [9.17, 15) is 0 Å². The summed E-state index contributed by atoms with van der Waals surface area (Å²) in [4.78, 5) is 0. The van der Waals surface area contributed by atoms with E-state index in [4.69, 9.17) is 0 Å². The van der Waals surface area contributed by atoms with E-state index in [1.54, 1.807) is 0 Å². The summed E-state index contributed by atoms with van der Waals surface area (Å²) in [6.07, 6.45) is 5.60. The minimum Gasteiger partial charge on any atom is -0.347 e. The maximum absolute atomic E-state index is 3.15. The normalized spacial score (nSPS) is 10.3. The van der Waals surface area contributed by atoms with Crippen molar-refractivity contribution in [1.82, 2.24) is 4.57 Å². The molecule has 0 saturated carbocycles. The van der Waals surface area contributed by atoms with Gasteiger partial charge in [0.2, 0.25) is 0 Å². The van der Waals surface area contributed by atoms with Crippen molar-refractivity contribution in [2.24, 2.45) is 0 Å². The summed E-state index contributed by atoms with van der Waals surface area (Å²) >= 11 is 0. The van der Waals surface area contributed by atoms with Crippen LogP contribution in [0.15, 0.2) is 30.5 Å². The van der Waals surface area contributed by atoms with Gasteiger partial charge in [0.25, 0.3) is 0 Å². The lowest BCUT2D eigenvalue weighted by molar-refractivity contribution is 0.768. The first-order valence-corrected chi connectivity index (χ1v) is 7.72. The summed E-state index contributed by atoms with van der Waals surface area (Å²) in [6, 6.07) is 8.82. The van der Waals surface area contributed by atoms with Gasteiger partial charge in [-0.25, -0.2) is 0 Å². The zero-order valence-corrected chi connectivity index (χ0v) is 13.7. The first kappa shape index (κ1) is 15.4. The van der Waals surface area contributed by atoms with E-state index in [0.29, 0.717) is 0 Å². The summed E-state index contributed by atoms with van der Waals surface area (Å²) in [5, 5.41) is 0. The molecule has 1 heteroatoms. The number of aryl methyl sites for hydroxylation is 2. The van der Waals surface area contributed by atoms with Crippen LogP contribution in [0.2, 0.25) is 0 Å². The number of hydrogen-bond donors (Lipinski definition) is 0. The first-order chi connectivity index (χ1) is 10.1. The van der Waals surface area contributed by atoms with E-state index >= 15 is 0 Å². The lowest BCUT2D eigenvalue weighted by Gasteiger charge is -2.07. The molecule has 0 aliphatic heterocycles. The van der Waals surface area contributed by atoms with Crippen LogP contribution in [0.4, 0.5) is 0 Å². The van der Waals surface area contributed by atoms with Crippen molar-refractivity contribution in [1.29, 1.82) is 0 Å². The average Bonchev–Trinajstić information content (AvgIpc) is 2.74. The second-order valence-corrected chi connectivity index (χ2v) is 5.76. The van der Waals surface area contributed by atoms with Gasteiger partial charge in [0.1, 0.15) is 0 Å². The van der Waals surface area contributed by atoms with Gasteiger partial charge in [0, 0.05) is 24.9 Å². The minimum atomic E-state index is 0.960. The summed E-state index contributed by atoms with van der Waals surface area (Å²) in [5.41, 5.74) is 6.97. The molecular formula is C20H25N. The van der Waals surface area contributed by atoms with Gasteiger partial charge < -0.3 is 4.57 Å². The Morgan fingerprint density at radius 3 is 2.43 bits per heavy atom. The van der Waals surface area contributed by atoms with Gasteiger partial charge in [0.15, 0.2) is 0 Å². The Balaban J connectivity index is 2.09. The molecule has 0 N–H and O–H groups in total. The quantitative estimate of drug-likeness (QED) is 0.547. The highest BCUT2D eigenvalue weighted by Gasteiger charge is 2.08. The van der Waals surface area contributed by atoms with Crippen LogP contribution >= 0.6 is 0 Å². The van der Waals surface area contributed by atoms with E-state index in [0.717, 1.165) is 25.8 Å². The van der Waals surface area contributed by atoms with Gasteiger partial charge in [-0.1, -0.05) is 29.8 Å². The van der Waals surface area contributed by atoms with Crippen molar-refractivity contribution in [3.63, 3.8) is 0 Å². The van der Waals surface area contributed by atoms with Crippen LogP contribution in [0.25, 0.3) is 0 Å². The second-order valence-electron chi connectivity index (χ2n) is 5.76. The third-order valence-corrected chi connectivity index (χ3v) is 4.17. The fourth-order valence-corrected chi connectivity index (χ4v) is 2.63. The van der Waals surface area contributed by atoms with Crippen LogP contribution < -0.4 is 0 Å². The third-order valence-electron chi connectivity index (χ3n) is 4.17. The molecule has 0 radical (unpaired) electrons. The molecule has 0 atom stereocenters. The minimum absolute atomic E-state index is 0.960. The zero-order chi connectivity index (χ0) is 15.2. The van der Waals surface area contributed by atoms with Crippen molar-refractivity contribution in [3.8, 4) is 11.8 Å². The molecule has 0 bridgehead atoms. The predicted octanol–water partition coefficient (Wildman–Crippen LogP) is 4.81. The van der Waals surface area contributed by atoms with Crippen LogP contribution in [0, 0.1) is 32.6 Å². The van der Waals surface area contributed by atoms with Crippen molar-refractivity contribution in [2.45, 2.75) is 53.5 Å². The topological polar surface area (TPSA) is 4.93 Å². The molecule has 0 aliphatic carbocycles. The molecule has 0 unspecified atom stereocenters. The Morgan fingerprint density at radius 1 is 1.05 bits per heavy atom. The Bertz CT molecular complexity index is 648. The van der Waals surface area contributed by atoms with Gasteiger partial charge >= 0.3 is 0 Å². The number of rotatable bonds is 5. The summed E-state index contributed by atoms with van der Waals surface area (Å²) in [6.45, 7) is 9.46. The molecule has 1 heterocycles. The summed E-state index contributed by atoms with van der Waals surface area (Å²) in [5.74, 6) is 6.11. The number of aromatic nitrogens is 1. The first-order valence-electron chi connectivity index (χ1n) is 7.72.